The first-order chi connectivity index (χ1) is 15.9. The molecule has 0 aliphatic carbocycles. The molecule has 0 atom stereocenters. The molecule has 0 spiro atoms. The minimum Gasteiger partial charge on any atom is -0.319 e. The summed E-state index contributed by atoms with van der Waals surface area (Å²) in [5, 5.41) is 6.61. The second kappa shape index (κ2) is 7.94. The zero-order chi connectivity index (χ0) is 23.1. The zero-order valence-electron chi connectivity index (χ0n) is 16.9. The molecule has 0 unspecified atom stereocenters. The van der Waals surface area contributed by atoms with Gasteiger partial charge in [-0.3, -0.25) is 9.59 Å². The van der Waals surface area contributed by atoms with Gasteiger partial charge in [-0.2, -0.15) is 5.10 Å². The van der Waals surface area contributed by atoms with Crippen LogP contribution in [0.2, 0.25) is 0 Å². The van der Waals surface area contributed by atoms with E-state index < -0.39 is 23.4 Å². The molecule has 6 nitrogen and oxygen atoms in total. The minimum atomic E-state index is -0.907. The molecule has 0 aliphatic heterocycles. The lowest BCUT2D eigenvalue weighted by atomic mass is 10.1. The normalized spacial score (nSPS) is 11.2. The number of hydrogen-bond acceptors (Lipinski definition) is 3. The summed E-state index contributed by atoms with van der Waals surface area (Å²) in [6.45, 7) is 0.134. The van der Waals surface area contributed by atoms with E-state index >= 15 is 0 Å². The van der Waals surface area contributed by atoms with Crippen LogP contribution in [0.15, 0.2) is 77.7 Å². The van der Waals surface area contributed by atoms with Crippen molar-refractivity contribution in [3.8, 4) is 0 Å². The zero-order valence-corrected chi connectivity index (χ0v) is 16.9. The van der Waals surface area contributed by atoms with Crippen LogP contribution < -0.4 is 10.9 Å². The van der Waals surface area contributed by atoms with Gasteiger partial charge in [0.2, 0.25) is 0 Å². The maximum atomic E-state index is 14.0. The first-order valence-electron chi connectivity index (χ1n) is 9.92. The molecule has 1 amide bonds. The lowest BCUT2D eigenvalue weighted by Crippen LogP contribution is -2.24. The topological polar surface area (TPSA) is 68.4 Å². The van der Waals surface area contributed by atoms with Crippen molar-refractivity contribution in [3.05, 3.63) is 112 Å². The lowest BCUT2D eigenvalue weighted by molar-refractivity contribution is 0.102. The maximum absolute atomic E-state index is 14.0. The van der Waals surface area contributed by atoms with Gasteiger partial charge in [0.25, 0.3) is 11.5 Å². The Labute approximate surface area is 184 Å². The monoisotopic (exact) mass is 448 g/mol. The SMILES string of the molecule is O=C(Nc1ccc(F)cc1F)c1ccc2c(c1)n(Cc1ccc(F)cc1)c(=O)c1ccnn12. The largest absolute Gasteiger partial charge is 0.319 e. The summed E-state index contributed by atoms with van der Waals surface area (Å²) in [5.41, 5.74) is 1.65. The van der Waals surface area contributed by atoms with Crippen molar-refractivity contribution in [1.82, 2.24) is 14.2 Å². The first-order valence-corrected chi connectivity index (χ1v) is 9.92. The number of rotatable bonds is 4. The van der Waals surface area contributed by atoms with E-state index in [-0.39, 0.29) is 23.4 Å². The van der Waals surface area contributed by atoms with Crippen LogP contribution in [0, 0.1) is 17.5 Å². The van der Waals surface area contributed by atoms with Gasteiger partial charge < -0.3 is 9.88 Å². The highest BCUT2D eigenvalue weighted by atomic mass is 19.1. The molecule has 0 saturated heterocycles. The highest BCUT2D eigenvalue weighted by Crippen LogP contribution is 2.20. The third-order valence-corrected chi connectivity index (χ3v) is 5.30. The van der Waals surface area contributed by atoms with Crippen molar-refractivity contribution in [2.45, 2.75) is 6.54 Å². The molecular weight excluding hydrogens is 433 g/mol. The van der Waals surface area contributed by atoms with E-state index in [0.29, 0.717) is 28.2 Å². The van der Waals surface area contributed by atoms with E-state index in [4.69, 9.17) is 0 Å². The van der Waals surface area contributed by atoms with Crippen molar-refractivity contribution in [2.75, 3.05) is 5.32 Å². The van der Waals surface area contributed by atoms with Gasteiger partial charge in [-0.05, 0) is 54.1 Å². The van der Waals surface area contributed by atoms with E-state index in [2.05, 4.69) is 10.4 Å². The van der Waals surface area contributed by atoms with E-state index in [0.717, 1.165) is 12.1 Å². The molecule has 164 valence electrons. The summed E-state index contributed by atoms with van der Waals surface area (Å²) in [5.74, 6) is -2.70. The Morgan fingerprint density at radius 2 is 1.61 bits per heavy atom. The summed E-state index contributed by atoms with van der Waals surface area (Å²) in [6.07, 6.45) is 1.50. The molecule has 2 aromatic heterocycles. The fraction of sp³-hybridized carbons (Fsp3) is 0.0417. The van der Waals surface area contributed by atoms with Crippen molar-refractivity contribution in [2.24, 2.45) is 0 Å². The van der Waals surface area contributed by atoms with Crippen LogP contribution in [-0.4, -0.2) is 20.1 Å². The second-order valence-electron chi connectivity index (χ2n) is 7.43. The summed E-state index contributed by atoms with van der Waals surface area (Å²) in [7, 11) is 0. The molecule has 33 heavy (non-hydrogen) atoms. The van der Waals surface area contributed by atoms with E-state index in [9.17, 15) is 22.8 Å². The fourth-order valence-electron chi connectivity index (χ4n) is 3.68. The van der Waals surface area contributed by atoms with Gasteiger partial charge in [0, 0.05) is 11.6 Å². The average Bonchev–Trinajstić information content (AvgIpc) is 3.30. The van der Waals surface area contributed by atoms with Gasteiger partial charge in [-0.15, -0.1) is 0 Å². The number of hydrogen-bond donors (Lipinski definition) is 1. The summed E-state index contributed by atoms with van der Waals surface area (Å²) in [4.78, 5) is 25.9. The molecule has 1 N–H and O–H groups in total. The molecule has 9 heteroatoms. The van der Waals surface area contributed by atoms with Crippen molar-refractivity contribution < 1.29 is 18.0 Å². The van der Waals surface area contributed by atoms with Crippen LogP contribution in [0.3, 0.4) is 0 Å². The molecule has 2 heterocycles. The molecule has 5 rings (SSSR count). The average molecular weight is 448 g/mol. The molecule has 0 aliphatic rings. The molecule has 0 fully saturated rings. The highest BCUT2D eigenvalue weighted by molar-refractivity contribution is 6.06. The highest BCUT2D eigenvalue weighted by Gasteiger charge is 2.16. The van der Waals surface area contributed by atoms with Crippen LogP contribution >= 0.6 is 0 Å². The first kappa shape index (κ1) is 20.5. The van der Waals surface area contributed by atoms with Gasteiger partial charge in [0.15, 0.2) is 0 Å². The van der Waals surface area contributed by atoms with Crippen LogP contribution in [-0.2, 0) is 6.54 Å². The molecule has 0 saturated carbocycles. The number of benzene rings is 3. The standard InChI is InChI=1S/C24H15F3N4O2/c25-16-4-1-14(2-5-16)13-30-22-11-15(23(32)29-19-7-6-17(26)12-18(19)27)3-8-20(22)31-21(24(30)33)9-10-28-31/h1-12H,13H2,(H,29,32). The Hall–Kier alpha value is -4.40. The summed E-state index contributed by atoms with van der Waals surface area (Å²) < 4.78 is 43.4. The fourth-order valence-corrected chi connectivity index (χ4v) is 3.68. The van der Waals surface area contributed by atoms with Crippen LogP contribution in [0.5, 0.6) is 0 Å². The number of nitrogens with one attached hydrogen (secondary N) is 1. The van der Waals surface area contributed by atoms with E-state index in [1.807, 2.05) is 0 Å². The Kier molecular flexibility index (Phi) is 4.93. The van der Waals surface area contributed by atoms with Crippen molar-refractivity contribution >= 4 is 28.1 Å². The van der Waals surface area contributed by atoms with Crippen LogP contribution in [0.1, 0.15) is 15.9 Å². The van der Waals surface area contributed by atoms with Gasteiger partial charge in [-0.1, -0.05) is 12.1 Å². The number of anilines is 1. The minimum absolute atomic E-state index is 0.134. The number of nitrogens with zero attached hydrogens (tertiary/aromatic N) is 3. The molecule has 5 aromatic rings. The predicted molar refractivity (Wildman–Crippen MR) is 117 cm³/mol. The van der Waals surface area contributed by atoms with Gasteiger partial charge in [0.1, 0.15) is 23.0 Å². The third-order valence-electron chi connectivity index (χ3n) is 5.30. The summed E-state index contributed by atoms with van der Waals surface area (Å²) in [6, 6.07) is 14.8. The predicted octanol–water partition coefficient (Wildman–Crippen LogP) is 4.37. The smallest absolute Gasteiger partial charge is 0.277 e. The summed E-state index contributed by atoms with van der Waals surface area (Å²) >= 11 is 0. The van der Waals surface area contributed by atoms with Gasteiger partial charge in [-0.25, -0.2) is 17.7 Å². The number of halogens is 3. The Morgan fingerprint density at radius 3 is 2.36 bits per heavy atom. The second-order valence-corrected chi connectivity index (χ2v) is 7.43. The van der Waals surface area contributed by atoms with E-state index in [1.54, 1.807) is 24.3 Å². The Bertz CT molecular complexity index is 1590. The number of amides is 1. The van der Waals surface area contributed by atoms with Crippen molar-refractivity contribution in [3.63, 3.8) is 0 Å². The number of carbonyl (C=O) groups excluding carboxylic acids is 1. The van der Waals surface area contributed by atoms with Gasteiger partial charge in [0.05, 0.1) is 29.5 Å². The van der Waals surface area contributed by atoms with Crippen LogP contribution in [0.4, 0.5) is 18.9 Å². The third kappa shape index (κ3) is 3.73. The van der Waals surface area contributed by atoms with Crippen molar-refractivity contribution in [1.29, 1.82) is 0 Å². The number of aromatic nitrogens is 3. The van der Waals surface area contributed by atoms with Gasteiger partial charge >= 0.3 is 0 Å². The van der Waals surface area contributed by atoms with Crippen LogP contribution in [0.25, 0.3) is 16.6 Å². The Morgan fingerprint density at radius 1 is 0.848 bits per heavy atom. The maximum Gasteiger partial charge on any atom is 0.277 e. The molecule has 0 radical (unpaired) electrons. The molecule has 0 bridgehead atoms. The van der Waals surface area contributed by atoms with E-state index in [1.165, 1.54) is 39.5 Å². The Balaban J connectivity index is 1.62. The lowest BCUT2D eigenvalue weighted by Gasteiger charge is -2.14. The number of fused-ring (bicyclic) bond motifs is 3. The number of carbonyl (C=O) groups is 1. The quantitative estimate of drug-likeness (QED) is 0.444. The molecule has 3 aromatic carbocycles. The molecular formula is C24H15F3N4O2.